The van der Waals surface area contributed by atoms with E-state index in [4.69, 9.17) is 4.74 Å². The average molecular weight is 374 g/mol. The molecule has 2 fully saturated rings. The first-order valence-electron chi connectivity index (χ1n) is 9.83. The standard InChI is InChI=1S/C21H30N2O4/c1-4-21(20(25)26)14-17(19(24)23-12-6-5-7-13-23)18(22(21)2)15-8-10-16(27-3)11-9-15/h8-11,17-18H,4-7,12-14H2,1-3H3,(H,25,26)/t17-,18-,21-/m1/s1. The Morgan fingerprint density at radius 3 is 2.33 bits per heavy atom. The Morgan fingerprint density at radius 1 is 1.19 bits per heavy atom. The van der Waals surface area contributed by atoms with Gasteiger partial charge in [-0.05, 0) is 56.8 Å². The van der Waals surface area contributed by atoms with Crippen molar-refractivity contribution in [1.29, 1.82) is 0 Å². The number of likely N-dealkylation sites (tertiary alicyclic amines) is 2. The quantitative estimate of drug-likeness (QED) is 0.858. The molecule has 0 saturated carbocycles. The van der Waals surface area contributed by atoms with Crippen LogP contribution in [0.15, 0.2) is 24.3 Å². The second-order valence-corrected chi connectivity index (χ2v) is 7.72. The van der Waals surface area contributed by atoms with Crippen LogP contribution in [-0.2, 0) is 9.59 Å². The molecule has 3 atom stereocenters. The minimum Gasteiger partial charge on any atom is -0.497 e. The van der Waals surface area contributed by atoms with Gasteiger partial charge in [0.25, 0.3) is 0 Å². The minimum atomic E-state index is -1.01. The van der Waals surface area contributed by atoms with Crippen LogP contribution in [0.5, 0.6) is 5.75 Å². The lowest BCUT2D eigenvalue weighted by Gasteiger charge is -2.35. The number of benzene rings is 1. The van der Waals surface area contributed by atoms with Gasteiger partial charge in [-0.2, -0.15) is 0 Å². The Hall–Kier alpha value is -2.08. The summed E-state index contributed by atoms with van der Waals surface area (Å²) in [6, 6.07) is 7.39. The first-order valence-corrected chi connectivity index (χ1v) is 9.83. The van der Waals surface area contributed by atoms with E-state index in [1.807, 2.05) is 48.0 Å². The third-order valence-corrected chi connectivity index (χ3v) is 6.46. The van der Waals surface area contributed by atoms with E-state index in [1.165, 1.54) is 0 Å². The van der Waals surface area contributed by atoms with Crippen LogP contribution in [0.3, 0.4) is 0 Å². The highest BCUT2D eigenvalue weighted by Gasteiger charge is 2.56. The fraction of sp³-hybridized carbons (Fsp3) is 0.619. The van der Waals surface area contributed by atoms with Crippen molar-refractivity contribution in [1.82, 2.24) is 9.80 Å². The summed E-state index contributed by atoms with van der Waals surface area (Å²) in [6.07, 6.45) is 4.03. The molecule has 27 heavy (non-hydrogen) atoms. The van der Waals surface area contributed by atoms with Crippen molar-refractivity contribution in [3.8, 4) is 5.75 Å². The Morgan fingerprint density at radius 2 is 1.81 bits per heavy atom. The van der Waals surface area contributed by atoms with Crippen LogP contribution < -0.4 is 4.74 Å². The Bertz CT molecular complexity index is 684. The first-order chi connectivity index (χ1) is 12.9. The number of hydrogen-bond acceptors (Lipinski definition) is 4. The summed E-state index contributed by atoms with van der Waals surface area (Å²) in [5.74, 6) is -0.352. The molecule has 0 bridgehead atoms. The maximum absolute atomic E-state index is 13.4. The third kappa shape index (κ3) is 3.43. The predicted molar refractivity (Wildman–Crippen MR) is 103 cm³/mol. The van der Waals surface area contributed by atoms with Gasteiger partial charge in [0.15, 0.2) is 0 Å². The molecule has 2 saturated heterocycles. The summed E-state index contributed by atoms with van der Waals surface area (Å²) >= 11 is 0. The molecule has 0 aromatic heterocycles. The number of aliphatic carboxylic acids is 1. The molecule has 0 radical (unpaired) electrons. The molecule has 1 amide bonds. The highest BCUT2D eigenvalue weighted by atomic mass is 16.5. The van der Waals surface area contributed by atoms with Crippen molar-refractivity contribution in [3.05, 3.63) is 29.8 Å². The van der Waals surface area contributed by atoms with Crippen LogP contribution in [0.25, 0.3) is 0 Å². The Balaban J connectivity index is 1.98. The van der Waals surface area contributed by atoms with Gasteiger partial charge in [-0.1, -0.05) is 19.1 Å². The Kier molecular flexibility index (Phi) is 5.75. The number of nitrogens with zero attached hydrogens (tertiary/aromatic N) is 2. The highest BCUT2D eigenvalue weighted by molar-refractivity contribution is 5.85. The minimum absolute atomic E-state index is 0.0962. The largest absolute Gasteiger partial charge is 0.497 e. The van der Waals surface area contributed by atoms with E-state index in [0.717, 1.165) is 43.7 Å². The molecular formula is C21H30N2O4. The maximum atomic E-state index is 13.4. The van der Waals surface area contributed by atoms with E-state index in [-0.39, 0.29) is 17.9 Å². The lowest BCUT2D eigenvalue weighted by atomic mass is 9.86. The molecule has 0 aliphatic carbocycles. The van der Waals surface area contributed by atoms with Crippen LogP contribution in [0, 0.1) is 5.92 Å². The summed E-state index contributed by atoms with van der Waals surface area (Å²) in [5, 5.41) is 10.0. The van der Waals surface area contributed by atoms with Gasteiger partial charge in [0, 0.05) is 19.1 Å². The number of carboxylic acid groups (broad SMARTS) is 1. The zero-order valence-electron chi connectivity index (χ0n) is 16.5. The van der Waals surface area contributed by atoms with Gasteiger partial charge in [-0.3, -0.25) is 14.5 Å². The number of amides is 1. The van der Waals surface area contributed by atoms with Crippen LogP contribution in [0.1, 0.15) is 50.6 Å². The van der Waals surface area contributed by atoms with Crippen molar-refractivity contribution in [2.75, 3.05) is 27.2 Å². The molecule has 6 heteroatoms. The van der Waals surface area contributed by atoms with E-state index < -0.39 is 11.5 Å². The van der Waals surface area contributed by atoms with Crippen molar-refractivity contribution in [3.63, 3.8) is 0 Å². The molecule has 0 unspecified atom stereocenters. The smallest absolute Gasteiger partial charge is 0.324 e. The molecule has 0 spiro atoms. The van der Waals surface area contributed by atoms with Gasteiger partial charge in [-0.25, -0.2) is 0 Å². The first kappa shape index (κ1) is 19.7. The normalized spacial score (nSPS) is 28.9. The lowest BCUT2D eigenvalue weighted by molar-refractivity contribution is -0.150. The number of methoxy groups -OCH3 is 1. The van der Waals surface area contributed by atoms with E-state index in [0.29, 0.717) is 12.8 Å². The number of piperidine rings is 1. The monoisotopic (exact) mass is 374 g/mol. The Labute approximate surface area is 161 Å². The summed E-state index contributed by atoms with van der Waals surface area (Å²) in [5.41, 5.74) is -0.0500. The number of carboxylic acids is 1. The van der Waals surface area contributed by atoms with E-state index in [1.54, 1.807) is 7.11 Å². The lowest BCUT2D eigenvalue weighted by Crippen LogP contribution is -2.48. The van der Waals surface area contributed by atoms with E-state index >= 15 is 0 Å². The van der Waals surface area contributed by atoms with Crippen LogP contribution in [-0.4, -0.2) is 59.6 Å². The zero-order chi connectivity index (χ0) is 19.6. The number of carbonyl (C=O) groups is 2. The topological polar surface area (TPSA) is 70.1 Å². The fourth-order valence-corrected chi connectivity index (χ4v) is 4.77. The van der Waals surface area contributed by atoms with Crippen molar-refractivity contribution >= 4 is 11.9 Å². The summed E-state index contributed by atoms with van der Waals surface area (Å²) in [4.78, 5) is 29.4. The van der Waals surface area contributed by atoms with Crippen molar-refractivity contribution < 1.29 is 19.4 Å². The highest BCUT2D eigenvalue weighted by Crippen LogP contribution is 2.48. The van der Waals surface area contributed by atoms with Crippen LogP contribution in [0.4, 0.5) is 0 Å². The van der Waals surface area contributed by atoms with E-state index in [9.17, 15) is 14.7 Å². The van der Waals surface area contributed by atoms with Gasteiger partial charge in [0.05, 0.1) is 13.0 Å². The van der Waals surface area contributed by atoms with Gasteiger partial charge < -0.3 is 14.7 Å². The SMILES string of the molecule is CC[C@]1(C(=O)O)C[C@@H](C(=O)N2CCCCC2)[C@@H](c2ccc(OC)cc2)N1C. The van der Waals surface area contributed by atoms with Crippen LogP contribution >= 0.6 is 0 Å². The molecule has 2 heterocycles. The van der Waals surface area contributed by atoms with Crippen LogP contribution in [0.2, 0.25) is 0 Å². The average Bonchev–Trinajstić information content (AvgIpc) is 3.01. The maximum Gasteiger partial charge on any atom is 0.324 e. The molecule has 1 aromatic rings. The second-order valence-electron chi connectivity index (χ2n) is 7.72. The molecule has 1 aromatic carbocycles. The zero-order valence-corrected chi connectivity index (χ0v) is 16.5. The van der Waals surface area contributed by atoms with Crippen molar-refractivity contribution in [2.45, 2.75) is 50.6 Å². The summed E-state index contributed by atoms with van der Waals surface area (Å²) < 4.78 is 5.25. The number of hydrogen-bond donors (Lipinski definition) is 1. The number of carbonyl (C=O) groups excluding carboxylic acids is 1. The van der Waals surface area contributed by atoms with Gasteiger partial charge >= 0.3 is 5.97 Å². The second kappa shape index (κ2) is 7.89. The summed E-state index contributed by atoms with van der Waals surface area (Å²) in [6.45, 7) is 3.45. The number of likely N-dealkylation sites (N-methyl/N-ethyl adjacent to an activating group) is 1. The van der Waals surface area contributed by atoms with Gasteiger partial charge in [0.1, 0.15) is 11.3 Å². The molecular weight excluding hydrogens is 344 g/mol. The molecule has 1 N–H and O–H groups in total. The molecule has 2 aliphatic rings. The fourth-order valence-electron chi connectivity index (χ4n) is 4.77. The molecule has 3 rings (SSSR count). The van der Waals surface area contributed by atoms with Crippen molar-refractivity contribution in [2.24, 2.45) is 5.92 Å². The molecule has 2 aliphatic heterocycles. The molecule has 148 valence electrons. The molecule has 6 nitrogen and oxygen atoms in total. The van der Waals surface area contributed by atoms with Gasteiger partial charge in [0.2, 0.25) is 5.91 Å². The van der Waals surface area contributed by atoms with Gasteiger partial charge in [-0.15, -0.1) is 0 Å². The third-order valence-electron chi connectivity index (χ3n) is 6.46. The summed E-state index contributed by atoms with van der Waals surface area (Å²) in [7, 11) is 3.46. The number of rotatable bonds is 5. The number of ether oxygens (including phenoxy) is 1. The van der Waals surface area contributed by atoms with E-state index in [2.05, 4.69) is 0 Å². The predicted octanol–water partition coefficient (Wildman–Crippen LogP) is 2.93.